The summed E-state index contributed by atoms with van der Waals surface area (Å²) in [5.74, 6) is -0.554. The van der Waals surface area contributed by atoms with Gasteiger partial charge in [0.25, 0.3) is 0 Å². The topological polar surface area (TPSA) is 113 Å². The van der Waals surface area contributed by atoms with Gasteiger partial charge in [-0.25, -0.2) is 23.2 Å². The smallest absolute Gasteiger partial charge is 0.410 e. The first kappa shape index (κ1) is 42.0. The molecule has 4 aromatic rings. The Morgan fingerprint density at radius 3 is 1.50 bits per heavy atom. The van der Waals surface area contributed by atoms with E-state index in [-0.39, 0.29) is 48.7 Å². The van der Waals surface area contributed by atoms with Gasteiger partial charge < -0.3 is 35.4 Å². The van der Waals surface area contributed by atoms with Crippen LogP contribution in [0.25, 0.3) is 0 Å². The van der Waals surface area contributed by atoms with Gasteiger partial charge in [-0.05, 0) is 56.2 Å². The quantitative estimate of drug-likeness (QED) is 0.192. The highest BCUT2D eigenvalue weighted by Gasteiger charge is 2.33. The Labute approximate surface area is 344 Å². The predicted octanol–water partition coefficient (Wildman–Crippen LogP) is 7.00. The zero-order valence-electron chi connectivity index (χ0n) is 33.1. The molecule has 0 atom stereocenters. The zero-order valence-corrected chi connectivity index (χ0v) is 33.9. The van der Waals surface area contributed by atoms with Crippen LogP contribution in [0.5, 0.6) is 0 Å². The maximum absolute atomic E-state index is 15.0. The van der Waals surface area contributed by atoms with E-state index in [4.69, 9.17) is 4.74 Å². The van der Waals surface area contributed by atoms with E-state index in [1.54, 1.807) is 26.8 Å². The van der Waals surface area contributed by atoms with Gasteiger partial charge >= 0.3 is 18.2 Å². The van der Waals surface area contributed by atoms with Crippen molar-refractivity contribution in [2.75, 3.05) is 72.0 Å². The molecule has 0 unspecified atom stereocenters. The average molecular weight is 817 g/mol. The molecule has 0 aliphatic carbocycles. The largest absolute Gasteiger partial charge is 0.444 e. The highest BCUT2D eigenvalue weighted by atomic mass is 35.5. The summed E-state index contributed by atoms with van der Waals surface area (Å²) in [5, 5.41) is 9.06. The van der Waals surface area contributed by atoms with Crippen molar-refractivity contribution in [1.82, 2.24) is 20.9 Å². The summed E-state index contributed by atoms with van der Waals surface area (Å²) in [7, 11) is 0. The van der Waals surface area contributed by atoms with Crippen LogP contribution in [0.15, 0.2) is 84.9 Å². The summed E-state index contributed by atoms with van der Waals surface area (Å²) in [6, 6.07) is 25.5. The molecular weight excluding hydrogens is 766 g/mol. The van der Waals surface area contributed by atoms with E-state index in [2.05, 4.69) is 20.9 Å². The number of halogens is 3. The summed E-state index contributed by atoms with van der Waals surface area (Å²) in [5.41, 5.74) is 5.71. The highest BCUT2D eigenvalue weighted by molar-refractivity contribution is 5.97. The maximum atomic E-state index is 15.0. The van der Waals surface area contributed by atoms with E-state index in [0.29, 0.717) is 62.9 Å². The van der Waals surface area contributed by atoms with Crippen LogP contribution in [0.3, 0.4) is 0 Å². The molecule has 0 bridgehead atoms. The molecule has 5 amide bonds. The third kappa shape index (κ3) is 9.56. The van der Waals surface area contributed by atoms with Crippen LogP contribution in [0.4, 0.5) is 45.9 Å². The lowest BCUT2D eigenvalue weighted by molar-refractivity contribution is 0.0240. The number of benzene rings is 4. The summed E-state index contributed by atoms with van der Waals surface area (Å²) in [4.78, 5) is 46.4. The van der Waals surface area contributed by atoms with Crippen molar-refractivity contribution in [1.29, 1.82) is 0 Å². The standard InChI is InChI=1S/C24H29FN4O3.C19H21FN4O.ClH/c1-24(2,3)32-23(31)28-13-11-27(12-14-28)21-18-15-26-22(30)29(20(18)10-9-19(21)25)16-17-7-5-4-6-8-17;20-16-6-7-17-15(18(16)23-10-8-21-9-11-23)12-22-19(25)24(17)13-14-4-2-1-3-5-14;/h4-10H,11-16H2,1-3H3,(H,26,30);1-7,21H,8-13H2,(H,22,25);1H. The minimum absolute atomic E-state index is 0. The van der Waals surface area contributed by atoms with Gasteiger partial charge in [0.1, 0.15) is 17.2 Å². The zero-order chi connectivity index (χ0) is 40.1. The second-order valence-corrected chi connectivity index (χ2v) is 15.4. The Kier molecular flexibility index (Phi) is 13.3. The molecule has 0 spiro atoms. The fourth-order valence-electron chi connectivity index (χ4n) is 7.64. The average Bonchev–Trinajstić information content (AvgIpc) is 3.21. The number of carbonyl (C=O) groups excluding carboxylic acids is 3. The van der Waals surface area contributed by atoms with E-state index in [9.17, 15) is 18.8 Å². The van der Waals surface area contributed by atoms with Crippen LogP contribution in [0, 0.1) is 11.6 Å². The molecule has 2 fully saturated rings. The molecule has 0 saturated carbocycles. The number of amides is 5. The number of nitrogens with one attached hydrogen (secondary N) is 3. The van der Waals surface area contributed by atoms with Crippen molar-refractivity contribution >= 4 is 53.3 Å². The first-order valence-corrected chi connectivity index (χ1v) is 19.5. The molecule has 8 rings (SSSR count). The van der Waals surface area contributed by atoms with Crippen molar-refractivity contribution in [2.45, 2.75) is 52.6 Å². The van der Waals surface area contributed by atoms with Crippen molar-refractivity contribution < 1.29 is 27.9 Å². The number of carbonyl (C=O) groups is 3. The number of rotatable bonds is 6. The Bertz CT molecular complexity index is 2070. The number of fused-ring (bicyclic) bond motifs is 2. The highest BCUT2D eigenvalue weighted by Crippen LogP contribution is 2.38. The predicted molar refractivity (Wildman–Crippen MR) is 225 cm³/mol. The molecule has 15 heteroatoms. The fraction of sp³-hybridized carbons (Fsp3) is 0.372. The van der Waals surface area contributed by atoms with Gasteiger partial charge in [0.05, 0.1) is 35.8 Å². The van der Waals surface area contributed by atoms with Gasteiger partial charge in [-0.3, -0.25) is 9.80 Å². The third-order valence-electron chi connectivity index (χ3n) is 10.4. The first-order valence-electron chi connectivity index (χ1n) is 19.5. The maximum Gasteiger partial charge on any atom is 0.410 e. The second kappa shape index (κ2) is 18.3. The number of urea groups is 2. The third-order valence-corrected chi connectivity index (χ3v) is 10.4. The summed E-state index contributed by atoms with van der Waals surface area (Å²) >= 11 is 0. The Hall–Kier alpha value is -5.60. The Balaban J connectivity index is 0.000000198. The number of anilines is 4. The lowest BCUT2D eigenvalue weighted by Crippen LogP contribution is -2.51. The van der Waals surface area contributed by atoms with Gasteiger partial charge in [0, 0.05) is 76.6 Å². The van der Waals surface area contributed by atoms with Gasteiger partial charge in [-0.1, -0.05) is 60.7 Å². The molecule has 4 aromatic carbocycles. The van der Waals surface area contributed by atoms with Gasteiger partial charge in [-0.2, -0.15) is 0 Å². The van der Waals surface area contributed by atoms with Crippen LogP contribution in [0.1, 0.15) is 43.0 Å². The van der Waals surface area contributed by atoms with Crippen molar-refractivity contribution in [3.63, 3.8) is 0 Å². The molecule has 2 saturated heterocycles. The van der Waals surface area contributed by atoms with E-state index in [0.717, 1.165) is 54.1 Å². The normalized spacial score (nSPS) is 16.5. The van der Waals surface area contributed by atoms with Gasteiger partial charge in [-0.15, -0.1) is 12.4 Å². The lowest BCUT2D eigenvalue weighted by atomic mass is 10.0. The monoisotopic (exact) mass is 816 g/mol. The van der Waals surface area contributed by atoms with Crippen LogP contribution < -0.4 is 35.6 Å². The summed E-state index contributed by atoms with van der Waals surface area (Å²) in [6.45, 7) is 12.0. The van der Waals surface area contributed by atoms with Crippen molar-refractivity contribution in [3.8, 4) is 0 Å². The molecule has 308 valence electrons. The van der Waals surface area contributed by atoms with Crippen molar-refractivity contribution in [2.24, 2.45) is 0 Å². The molecule has 58 heavy (non-hydrogen) atoms. The summed E-state index contributed by atoms with van der Waals surface area (Å²) in [6.07, 6.45) is -0.353. The fourth-order valence-corrected chi connectivity index (χ4v) is 7.64. The molecule has 0 radical (unpaired) electrons. The molecule has 4 aliphatic rings. The number of hydrogen-bond acceptors (Lipinski definition) is 7. The van der Waals surface area contributed by atoms with E-state index >= 15 is 4.39 Å². The van der Waals surface area contributed by atoms with Gasteiger partial charge in [0.15, 0.2) is 0 Å². The SMILES string of the molecule is CC(C)(C)OC(=O)N1CCN(c2c(F)ccc3c2CNC(=O)N3Cc2ccccc2)CC1.Cl.O=C1NCc2c(ccc(F)c2N2CCNCC2)N1Cc1ccccc1. The van der Waals surface area contributed by atoms with Crippen LogP contribution in [-0.4, -0.2) is 81.0 Å². The molecule has 4 aliphatic heterocycles. The minimum atomic E-state index is -0.556. The Morgan fingerprint density at radius 1 is 0.638 bits per heavy atom. The molecule has 3 N–H and O–H groups in total. The summed E-state index contributed by atoms with van der Waals surface area (Å²) < 4.78 is 35.1. The lowest BCUT2D eigenvalue weighted by Gasteiger charge is -2.39. The van der Waals surface area contributed by atoms with E-state index in [1.807, 2.05) is 86.3 Å². The molecule has 12 nitrogen and oxygen atoms in total. The number of ether oxygens (including phenoxy) is 1. The van der Waals surface area contributed by atoms with Crippen LogP contribution in [-0.2, 0) is 30.9 Å². The molecule has 4 heterocycles. The van der Waals surface area contributed by atoms with Gasteiger partial charge in [0.2, 0.25) is 0 Å². The minimum Gasteiger partial charge on any atom is -0.444 e. The van der Waals surface area contributed by atoms with Crippen LogP contribution in [0.2, 0.25) is 0 Å². The number of piperazine rings is 2. The van der Waals surface area contributed by atoms with Crippen molar-refractivity contribution in [3.05, 3.63) is 119 Å². The van der Waals surface area contributed by atoms with E-state index in [1.165, 1.54) is 12.1 Å². The Morgan fingerprint density at radius 2 is 1.07 bits per heavy atom. The first-order chi connectivity index (χ1) is 27.5. The van der Waals surface area contributed by atoms with E-state index < -0.39 is 5.60 Å². The molecular formula is C43H51ClF2N8O4. The second-order valence-electron chi connectivity index (χ2n) is 15.4. The number of nitrogens with zero attached hydrogens (tertiary/aromatic N) is 5. The van der Waals surface area contributed by atoms with Crippen LogP contribution >= 0.6 is 12.4 Å². The number of hydrogen-bond donors (Lipinski definition) is 3. The molecule has 0 aromatic heterocycles.